The fraction of sp³-hybridized carbons (Fsp3) is 0.364. The number of hydrogen-bond donors (Lipinski definition) is 1. The van der Waals surface area contributed by atoms with Crippen LogP contribution in [0.15, 0.2) is 24.3 Å². The van der Waals surface area contributed by atoms with E-state index in [9.17, 15) is 8.42 Å². The highest BCUT2D eigenvalue weighted by atomic mass is 35.5. The summed E-state index contributed by atoms with van der Waals surface area (Å²) >= 11 is 5.54. The SMILES string of the molecule is CC(CCl)NS(=O)(=O)Cc1ccc(C#N)cc1. The lowest BCUT2D eigenvalue weighted by atomic mass is 10.2. The minimum absolute atomic E-state index is 0.111. The zero-order valence-corrected chi connectivity index (χ0v) is 10.9. The number of nitrogens with zero attached hydrogens (tertiary/aromatic N) is 1. The van der Waals surface area contributed by atoms with Crippen LogP contribution in [0.3, 0.4) is 0 Å². The van der Waals surface area contributed by atoms with Crippen LogP contribution >= 0.6 is 11.6 Å². The Morgan fingerprint density at radius 1 is 1.41 bits per heavy atom. The maximum absolute atomic E-state index is 11.7. The summed E-state index contributed by atoms with van der Waals surface area (Å²) in [6, 6.07) is 8.13. The number of sulfonamides is 1. The Balaban J connectivity index is 2.73. The second kappa shape index (κ2) is 6.01. The number of alkyl halides is 1. The Labute approximate surface area is 106 Å². The molecule has 0 aromatic heterocycles. The molecule has 4 nitrogen and oxygen atoms in total. The molecule has 0 saturated heterocycles. The molecule has 0 fully saturated rings. The van der Waals surface area contributed by atoms with Crippen LogP contribution in [0.25, 0.3) is 0 Å². The van der Waals surface area contributed by atoms with E-state index in [1.165, 1.54) is 0 Å². The van der Waals surface area contributed by atoms with Crippen molar-refractivity contribution in [2.75, 3.05) is 5.88 Å². The second-order valence-corrected chi connectivity index (χ2v) is 5.80. The molecule has 1 aromatic carbocycles. The van der Waals surface area contributed by atoms with Crippen molar-refractivity contribution in [3.63, 3.8) is 0 Å². The maximum Gasteiger partial charge on any atom is 0.216 e. The zero-order chi connectivity index (χ0) is 12.9. The topological polar surface area (TPSA) is 70.0 Å². The van der Waals surface area contributed by atoms with E-state index in [0.717, 1.165) is 0 Å². The molecule has 0 aliphatic heterocycles. The largest absolute Gasteiger partial charge is 0.216 e. The molecule has 6 heteroatoms. The molecule has 1 atom stereocenters. The minimum atomic E-state index is -3.38. The molecule has 1 unspecified atom stereocenters. The molecule has 92 valence electrons. The van der Waals surface area contributed by atoms with Gasteiger partial charge in [-0.1, -0.05) is 12.1 Å². The van der Waals surface area contributed by atoms with Gasteiger partial charge in [0.2, 0.25) is 10.0 Å². The normalized spacial score (nSPS) is 13.0. The third-order valence-corrected chi connectivity index (χ3v) is 3.99. The molecule has 0 heterocycles. The van der Waals surface area contributed by atoms with Crippen molar-refractivity contribution in [3.8, 4) is 6.07 Å². The van der Waals surface area contributed by atoms with Gasteiger partial charge < -0.3 is 0 Å². The van der Waals surface area contributed by atoms with Crippen molar-refractivity contribution in [1.29, 1.82) is 5.26 Å². The van der Waals surface area contributed by atoms with Crippen LogP contribution in [0.4, 0.5) is 0 Å². The highest BCUT2D eigenvalue weighted by molar-refractivity contribution is 7.88. The molecule has 0 aliphatic carbocycles. The van der Waals surface area contributed by atoms with E-state index in [1.54, 1.807) is 31.2 Å². The fourth-order valence-corrected chi connectivity index (χ4v) is 2.85. The van der Waals surface area contributed by atoms with Gasteiger partial charge in [-0.25, -0.2) is 13.1 Å². The first-order chi connectivity index (χ1) is 7.96. The van der Waals surface area contributed by atoms with Gasteiger partial charge in [0.05, 0.1) is 17.4 Å². The lowest BCUT2D eigenvalue weighted by Crippen LogP contribution is -2.34. The number of nitriles is 1. The molecule has 0 bridgehead atoms. The van der Waals surface area contributed by atoms with Crippen LogP contribution in [0, 0.1) is 11.3 Å². The molecule has 0 aliphatic rings. The van der Waals surface area contributed by atoms with Crippen molar-refractivity contribution in [2.45, 2.75) is 18.7 Å². The molecule has 1 aromatic rings. The summed E-state index contributed by atoms with van der Waals surface area (Å²) in [5, 5.41) is 8.62. The van der Waals surface area contributed by atoms with E-state index in [0.29, 0.717) is 11.1 Å². The van der Waals surface area contributed by atoms with Gasteiger partial charge in [-0.15, -0.1) is 11.6 Å². The van der Waals surface area contributed by atoms with Crippen molar-refractivity contribution in [1.82, 2.24) is 4.72 Å². The van der Waals surface area contributed by atoms with E-state index >= 15 is 0 Å². The molecule has 17 heavy (non-hydrogen) atoms. The van der Waals surface area contributed by atoms with E-state index in [2.05, 4.69) is 4.72 Å². The van der Waals surface area contributed by atoms with Crippen molar-refractivity contribution in [2.24, 2.45) is 0 Å². The van der Waals surface area contributed by atoms with Crippen molar-refractivity contribution in [3.05, 3.63) is 35.4 Å². The predicted molar refractivity (Wildman–Crippen MR) is 67.1 cm³/mol. The summed E-state index contributed by atoms with van der Waals surface area (Å²) < 4.78 is 25.8. The number of nitrogens with one attached hydrogen (secondary N) is 1. The lowest BCUT2D eigenvalue weighted by Gasteiger charge is -2.11. The Kier molecular flexibility index (Phi) is 4.94. The quantitative estimate of drug-likeness (QED) is 0.828. The molecule has 0 spiro atoms. The van der Waals surface area contributed by atoms with Gasteiger partial charge in [-0.3, -0.25) is 0 Å². The van der Waals surface area contributed by atoms with Gasteiger partial charge in [0.1, 0.15) is 0 Å². The van der Waals surface area contributed by atoms with Crippen LogP contribution in [-0.2, 0) is 15.8 Å². The van der Waals surface area contributed by atoms with E-state index in [4.69, 9.17) is 16.9 Å². The van der Waals surface area contributed by atoms with Crippen LogP contribution < -0.4 is 4.72 Å². The monoisotopic (exact) mass is 272 g/mol. The summed E-state index contributed by atoms with van der Waals surface area (Å²) in [7, 11) is -3.38. The first-order valence-electron chi connectivity index (χ1n) is 5.02. The van der Waals surface area contributed by atoms with Gasteiger partial charge in [0, 0.05) is 11.9 Å². The third-order valence-electron chi connectivity index (χ3n) is 2.05. The van der Waals surface area contributed by atoms with Crippen LogP contribution in [-0.4, -0.2) is 20.3 Å². The minimum Gasteiger partial charge on any atom is -0.212 e. The Morgan fingerprint density at radius 3 is 2.47 bits per heavy atom. The Morgan fingerprint density at radius 2 is 2.00 bits per heavy atom. The average molecular weight is 273 g/mol. The first kappa shape index (κ1) is 14.0. The number of hydrogen-bond acceptors (Lipinski definition) is 3. The van der Waals surface area contributed by atoms with Gasteiger partial charge in [0.25, 0.3) is 0 Å². The number of rotatable bonds is 5. The highest BCUT2D eigenvalue weighted by Gasteiger charge is 2.14. The summed E-state index contributed by atoms with van der Waals surface area (Å²) in [4.78, 5) is 0. The van der Waals surface area contributed by atoms with E-state index < -0.39 is 10.0 Å². The molecule has 0 saturated carbocycles. The van der Waals surface area contributed by atoms with Crippen LogP contribution in [0.2, 0.25) is 0 Å². The van der Waals surface area contributed by atoms with E-state index in [-0.39, 0.29) is 17.7 Å². The maximum atomic E-state index is 11.7. The summed E-state index contributed by atoms with van der Waals surface area (Å²) in [6.45, 7) is 1.70. The molecule has 0 radical (unpaired) electrons. The van der Waals surface area contributed by atoms with Gasteiger partial charge >= 0.3 is 0 Å². The van der Waals surface area contributed by atoms with Crippen LogP contribution in [0.5, 0.6) is 0 Å². The fourth-order valence-electron chi connectivity index (χ4n) is 1.27. The first-order valence-corrected chi connectivity index (χ1v) is 7.20. The van der Waals surface area contributed by atoms with E-state index in [1.807, 2.05) is 6.07 Å². The molecular weight excluding hydrogens is 260 g/mol. The Hall–Kier alpha value is -1.09. The second-order valence-electron chi connectivity index (χ2n) is 3.74. The smallest absolute Gasteiger partial charge is 0.212 e. The molecule has 1 rings (SSSR count). The van der Waals surface area contributed by atoms with Crippen molar-refractivity contribution < 1.29 is 8.42 Å². The number of benzene rings is 1. The summed E-state index contributed by atoms with van der Waals surface area (Å²) in [5.41, 5.74) is 1.14. The average Bonchev–Trinajstić information content (AvgIpc) is 2.28. The molecule has 0 amide bonds. The van der Waals surface area contributed by atoms with Crippen LogP contribution in [0.1, 0.15) is 18.1 Å². The zero-order valence-electron chi connectivity index (χ0n) is 9.35. The summed E-state index contributed by atoms with van der Waals surface area (Å²) in [6.07, 6.45) is 0. The number of halogens is 1. The summed E-state index contributed by atoms with van der Waals surface area (Å²) in [5.74, 6) is 0.118. The third kappa shape index (κ3) is 4.73. The van der Waals surface area contributed by atoms with Gasteiger partial charge in [0.15, 0.2) is 0 Å². The Bertz CT molecular complexity index is 505. The van der Waals surface area contributed by atoms with Crippen molar-refractivity contribution >= 4 is 21.6 Å². The molecular formula is C11H13ClN2O2S. The predicted octanol–water partition coefficient (Wildman–Crippen LogP) is 1.60. The standard InChI is InChI=1S/C11H13ClN2O2S/c1-9(6-12)14-17(15,16)8-11-4-2-10(7-13)3-5-11/h2-5,9,14H,6,8H2,1H3. The molecule has 1 N–H and O–H groups in total. The lowest BCUT2D eigenvalue weighted by molar-refractivity contribution is 0.570. The van der Waals surface area contributed by atoms with Gasteiger partial charge in [-0.2, -0.15) is 5.26 Å². The van der Waals surface area contributed by atoms with Gasteiger partial charge in [-0.05, 0) is 24.6 Å². The highest BCUT2D eigenvalue weighted by Crippen LogP contribution is 2.07.